The van der Waals surface area contributed by atoms with Crippen molar-refractivity contribution < 1.29 is 22.6 Å². The number of carbonyl (C=O) groups is 1. The zero-order valence-electron chi connectivity index (χ0n) is 17.1. The normalized spacial score (nSPS) is 20.5. The highest BCUT2D eigenvalue weighted by atomic mass is 32.2. The maximum atomic E-state index is 13.4. The minimum Gasteiger partial charge on any atom is -0.444 e. The number of nitro benzene ring substituents is 1. The third-order valence-corrected chi connectivity index (χ3v) is 7.63. The molecule has 0 radical (unpaired) electrons. The van der Waals surface area contributed by atoms with Crippen LogP contribution in [0.5, 0.6) is 0 Å². The van der Waals surface area contributed by atoms with E-state index < -0.39 is 26.7 Å². The number of hydrogen-bond acceptors (Lipinski definition) is 7. The van der Waals surface area contributed by atoms with Crippen LogP contribution in [0.15, 0.2) is 40.8 Å². The Kier molecular flexibility index (Phi) is 5.99. The van der Waals surface area contributed by atoms with E-state index in [1.54, 1.807) is 12.1 Å². The number of benzene rings is 1. The summed E-state index contributed by atoms with van der Waals surface area (Å²) < 4.78 is 30.1. The van der Waals surface area contributed by atoms with Crippen molar-refractivity contribution in [3.63, 3.8) is 0 Å². The lowest BCUT2D eigenvalue weighted by molar-refractivity contribution is -0.385. The maximum Gasteiger partial charge on any atom is 0.282 e. The van der Waals surface area contributed by atoms with E-state index in [1.165, 1.54) is 29.5 Å². The second-order valence-electron chi connectivity index (χ2n) is 8.05. The summed E-state index contributed by atoms with van der Waals surface area (Å²) >= 11 is 0. The average Bonchev–Trinajstić information content (AvgIpc) is 3.38. The molecule has 2 aliphatic rings. The van der Waals surface area contributed by atoms with Gasteiger partial charge in [-0.1, -0.05) is 12.1 Å². The molecule has 2 fully saturated rings. The highest BCUT2D eigenvalue weighted by Crippen LogP contribution is 2.28. The number of nitro groups is 1. The first-order valence-electron chi connectivity index (χ1n) is 10.4. The van der Waals surface area contributed by atoms with Gasteiger partial charge in [0.05, 0.1) is 23.0 Å². The number of furan rings is 1. The number of rotatable bonds is 6. The molecule has 31 heavy (non-hydrogen) atoms. The fourth-order valence-electron chi connectivity index (χ4n) is 4.26. The van der Waals surface area contributed by atoms with Gasteiger partial charge in [0.25, 0.3) is 11.6 Å². The molecule has 1 aromatic carbocycles. The molecule has 1 atom stereocenters. The predicted octanol–water partition coefficient (Wildman–Crippen LogP) is 3.01. The molecule has 0 N–H and O–H groups in total. The molecule has 2 aromatic rings. The van der Waals surface area contributed by atoms with Gasteiger partial charge in [-0.25, -0.2) is 8.42 Å². The number of anilines is 1. The highest BCUT2D eigenvalue weighted by Gasteiger charge is 2.37. The molecule has 166 valence electrons. The van der Waals surface area contributed by atoms with Crippen molar-refractivity contribution in [2.24, 2.45) is 0 Å². The third kappa shape index (κ3) is 4.73. The Labute approximate surface area is 180 Å². The smallest absolute Gasteiger partial charge is 0.282 e. The van der Waals surface area contributed by atoms with Crippen LogP contribution in [-0.4, -0.2) is 54.8 Å². The fraction of sp³-hybridized carbons (Fsp3) is 0.476. The fourth-order valence-corrected chi connectivity index (χ4v) is 5.99. The second kappa shape index (κ2) is 8.70. The van der Waals surface area contributed by atoms with Gasteiger partial charge in [-0.15, -0.1) is 0 Å². The molecule has 3 heterocycles. The monoisotopic (exact) mass is 447 g/mol. The lowest BCUT2D eigenvalue weighted by Gasteiger charge is -2.28. The van der Waals surface area contributed by atoms with Crippen LogP contribution in [0.25, 0.3) is 0 Å². The molecule has 0 aliphatic carbocycles. The summed E-state index contributed by atoms with van der Waals surface area (Å²) in [5.41, 5.74) is -0.355. The third-order valence-electron chi connectivity index (χ3n) is 5.88. The van der Waals surface area contributed by atoms with Gasteiger partial charge in [0.15, 0.2) is 15.7 Å². The van der Waals surface area contributed by atoms with Gasteiger partial charge >= 0.3 is 0 Å². The minimum atomic E-state index is -3.25. The molecule has 9 nitrogen and oxygen atoms in total. The Morgan fingerprint density at radius 1 is 1.16 bits per heavy atom. The van der Waals surface area contributed by atoms with E-state index >= 15 is 0 Å². The first-order valence-corrected chi connectivity index (χ1v) is 12.2. The topological polar surface area (TPSA) is 114 Å². The number of hydrogen-bond donors (Lipinski definition) is 0. The van der Waals surface area contributed by atoms with Gasteiger partial charge in [-0.2, -0.15) is 0 Å². The summed E-state index contributed by atoms with van der Waals surface area (Å²) in [6.07, 6.45) is 3.68. The number of piperidine rings is 1. The van der Waals surface area contributed by atoms with Crippen LogP contribution < -0.4 is 4.90 Å². The molecule has 1 aromatic heterocycles. The van der Waals surface area contributed by atoms with E-state index in [0.717, 1.165) is 31.8 Å². The Morgan fingerprint density at radius 3 is 2.58 bits per heavy atom. The zero-order chi connectivity index (χ0) is 22.0. The molecule has 0 saturated carbocycles. The van der Waals surface area contributed by atoms with Crippen molar-refractivity contribution in [1.29, 1.82) is 0 Å². The Balaban J connectivity index is 1.62. The van der Waals surface area contributed by atoms with E-state index in [1.807, 2.05) is 6.07 Å². The van der Waals surface area contributed by atoms with Crippen molar-refractivity contribution in [2.45, 2.75) is 38.3 Å². The summed E-state index contributed by atoms with van der Waals surface area (Å²) in [6.45, 7) is 1.87. The molecular weight excluding hydrogens is 422 g/mol. The summed E-state index contributed by atoms with van der Waals surface area (Å²) in [5.74, 6) is 0.531. The lowest BCUT2D eigenvalue weighted by Crippen LogP contribution is -2.40. The van der Waals surface area contributed by atoms with Crippen LogP contribution in [0.4, 0.5) is 11.6 Å². The Morgan fingerprint density at radius 2 is 1.90 bits per heavy atom. The predicted molar refractivity (Wildman–Crippen MR) is 115 cm³/mol. The molecule has 2 saturated heterocycles. The van der Waals surface area contributed by atoms with E-state index in [2.05, 4.69) is 4.90 Å². The first-order chi connectivity index (χ1) is 14.8. The van der Waals surface area contributed by atoms with Crippen LogP contribution in [-0.2, 0) is 16.4 Å². The quantitative estimate of drug-likeness (QED) is 0.494. The molecule has 4 rings (SSSR count). The molecular formula is C21H25N3O6S. The van der Waals surface area contributed by atoms with Crippen LogP contribution >= 0.6 is 0 Å². The number of carbonyl (C=O) groups excluding carboxylic acids is 1. The number of nitrogens with zero attached hydrogens (tertiary/aromatic N) is 3. The van der Waals surface area contributed by atoms with E-state index in [9.17, 15) is 23.3 Å². The van der Waals surface area contributed by atoms with Crippen molar-refractivity contribution in [1.82, 2.24) is 4.90 Å². The van der Waals surface area contributed by atoms with Crippen molar-refractivity contribution in [3.05, 3.63) is 57.8 Å². The van der Waals surface area contributed by atoms with Gasteiger partial charge in [-0.3, -0.25) is 14.9 Å². The minimum absolute atomic E-state index is 0.00445. The van der Waals surface area contributed by atoms with E-state index in [-0.39, 0.29) is 29.3 Å². The van der Waals surface area contributed by atoms with Crippen LogP contribution in [0.2, 0.25) is 0 Å². The summed E-state index contributed by atoms with van der Waals surface area (Å²) in [5, 5.41) is 11.4. The van der Waals surface area contributed by atoms with Crippen LogP contribution in [0.1, 0.15) is 41.8 Å². The van der Waals surface area contributed by atoms with Gasteiger partial charge in [0, 0.05) is 31.3 Å². The van der Waals surface area contributed by atoms with Crippen molar-refractivity contribution >= 4 is 27.3 Å². The van der Waals surface area contributed by atoms with Gasteiger partial charge in [0.1, 0.15) is 11.3 Å². The molecule has 0 bridgehead atoms. The van der Waals surface area contributed by atoms with Crippen molar-refractivity contribution in [3.8, 4) is 0 Å². The SMILES string of the molecule is O=C(c1ccccc1[N+](=O)[O-])N(Cc1ccc(N2CCCCC2)o1)C1CCS(=O)(=O)C1. The van der Waals surface area contributed by atoms with Gasteiger partial charge < -0.3 is 14.2 Å². The lowest BCUT2D eigenvalue weighted by atomic mass is 10.1. The molecule has 1 unspecified atom stereocenters. The van der Waals surface area contributed by atoms with Gasteiger partial charge in [0.2, 0.25) is 0 Å². The molecule has 2 aliphatic heterocycles. The first kappa shape index (κ1) is 21.4. The zero-order valence-corrected chi connectivity index (χ0v) is 17.9. The summed E-state index contributed by atoms with van der Waals surface area (Å²) in [4.78, 5) is 27.7. The summed E-state index contributed by atoms with van der Waals surface area (Å²) in [7, 11) is -3.25. The summed E-state index contributed by atoms with van der Waals surface area (Å²) in [6, 6.07) is 8.83. The molecule has 10 heteroatoms. The Bertz CT molecular complexity index is 1070. The van der Waals surface area contributed by atoms with Crippen LogP contribution in [0.3, 0.4) is 0 Å². The highest BCUT2D eigenvalue weighted by molar-refractivity contribution is 7.91. The maximum absolute atomic E-state index is 13.4. The number of para-hydroxylation sites is 1. The molecule has 1 amide bonds. The van der Waals surface area contributed by atoms with E-state index in [0.29, 0.717) is 12.2 Å². The largest absolute Gasteiger partial charge is 0.444 e. The average molecular weight is 448 g/mol. The molecule has 0 spiro atoms. The second-order valence-corrected chi connectivity index (χ2v) is 10.3. The van der Waals surface area contributed by atoms with Crippen molar-refractivity contribution in [2.75, 3.05) is 29.5 Å². The number of sulfone groups is 1. The Hall–Kier alpha value is -2.88. The standard InChI is InChI=1S/C21H25N3O6S/c25-21(18-6-2-3-7-19(18)24(26)27)23(16-10-13-31(28,29)15-16)14-17-8-9-20(30-17)22-11-4-1-5-12-22/h2-3,6-9,16H,1,4-5,10-15H2. The number of amides is 1. The van der Waals surface area contributed by atoms with E-state index in [4.69, 9.17) is 4.42 Å². The van der Waals surface area contributed by atoms with Gasteiger partial charge in [-0.05, 0) is 37.8 Å². The van der Waals surface area contributed by atoms with Crippen LogP contribution in [0, 0.1) is 10.1 Å².